The van der Waals surface area contributed by atoms with Crippen molar-refractivity contribution in [2.24, 2.45) is 11.7 Å². The number of nitro benzene ring substituents is 1. The van der Waals surface area contributed by atoms with Crippen LogP contribution in [0.4, 0.5) is 10.5 Å². The van der Waals surface area contributed by atoms with Gasteiger partial charge in [0.15, 0.2) is 0 Å². The molecule has 1 aliphatic heterocycles. The number of rotatable bonds is 16. The van der Waals surface area contributed by atoms with Gasteiger partial charge in [0.1, 0.15) is 18.2 Å². The molecule has 264 valence electrons. The summed E-state index contributed by atoms with van der Waals surface area (Å²) in [5.41, 5.74) is 8.73. The van der Waals surface area contributed by atoms with Crippen LogP contribution in [-0.4, -0.2) is 80.3 Å². The first-order chi connectivity index (χ1) is 23.3. The normalized spacial score (nSPS) is 16.6. The number of nitrogens with two attached hydrogens (primary N) is 1. The fraction of sp³-hybridized carbons (Fsp3) is 0.429. The van der Waals surface area contributed by atoms with Gasteiger partial charge in [0, 0.05) is 25.1 Å². The van der Waals surface area contributed by atoms with Crippen molar-refractivity contribution < 1.29 is 37.1 Å². The van der Waals surface area contributed by atoms with Crippen molar-refractivity contribution in [2.45, 2.75) is 69.2 Å². The van der Waals surface area contributed by atoms with Gasteiger partial charge < -0.3 is 25.3 Å². The molecule has 49 heavy (non-hydrogen) atoms. The molecule has 3 aromatic rings. The van der Waals surface area contributed by atoms with Crippen LogP contribution in [0.5, 0.6) is 0 Å². The van der Waals surface area contributed by atoms with Crippen molar-refractivity contribution in [3.05, 3.63) is 106 Å². The first-order valence-electron chi connectivity index (χ1n) is 16.2. The molecule has 1 aliphatic rings. The number of hydrogen-bond donors (Lipinski definition) is 2. The summed E-state index contributed by atoms with van der Waals surface area (Å²) in [5.74, 6) is -0.943. The second-order valence-electron chi connectivity index (χ2n) is 12.6. The van der Waals surface area contributed by atoms with Gasteiger partial charge >= 0.3 is 12.1 Å². The third-order valence-corrected chi connectivity index (χ3v) is 9.84. The highest BCUT2D eigenvalue weighted by molar-refractivity contribution is 7.89. The second-order valence-corrected chi connectivity index (χ2v) is 14.5. The van der Waals surface area contributed by atoms with Gasteiger partial charge in [0.2, 0.25) is 10.0 Å². The zero-order chi connectivity index (χ0) is 35.6. The SMILES string of the molecule is Cc1ccc(CC(N)C(=O)OC(CN(CC(C)C)S(=O)(=O)c2ccc([N+](=O)[O-])cc2)C(Cc2ccccc2)NC(=O)OC2CCOC2)cc1. The van der Waals surface area contributed by atoms with Gasteiger partial charge in [-0.15, -0.1) is 0 Å². The van der Waals surface area contributed by atoms with Crippen LogP contribution < -0.4 is 11.1 Å². The number of ether oxygens (including phenoxy) is 3. The number of alkyl carbamates (subject to hydrolysis) is 1. The summed E-state index contributed by atoms with van der Waals surface area (Å²) in [6.45, 7) is 5.97. The molecule has 3 N–H and O–H groups in total. The maximum atomic E-state index is 14.1. The van der Waals surface area contributed by atoms with E-state index in [0.717, 1.165) is 33.1 Å². The first kappa shape index (κ1) is 37.4. The average molecular weight is 697 g/mol. The van der Waals surface area contributed by atoms with E-state index in [2.05, 4.69) is 5.32 Å². The summed E-state index contributed by atoms with van der Waals surface area (Å²) in [4.78, 5) is 37.3. The van der Waals surface area contributed by atoms with Crippen molar-refractivity contribution in [3.8, 4) is 0 Å². The van der Waals surface area contributed by atoms with E-state index in [1.165, 1.54) is 12.1 Å². The summed E-state index contributed by atoms with van der Waals surface area (Å²) in [6.07, 6.45) is -1.59. The molecule has 1 fully saturated rings. The molecule has 0 aromatic heterocycles. The smallest absolute Gasteiger partial charge is 0.407 e. The summed E-state index contributed by atoms with van der Waals surface area (Å²) in [6, 6.07) is 19.2. The number of non-ortho nitro benzene ring substituents is 1. The van der Waals surface area contributed by atoms with E-state index in [1.807, 2.05) is 75.4 Å². The van der Waals surface area contributed by atoms with Crippen LogP contribution in [0.2, 0.25) is 0 Å². The lowest BCUT2D eigenvalue weighted by atomic mass is 10.0. The predicted octanol–water partition coefficient (Wildman–Crippen LogP) is 4.16. The Morgan fingerprint density at radius 2 is 1.65 bits per heavy atom. The summed E-state index contributed by atoms with van der Waals surface area (Å²) in [5, 5.41) is 14.1. The zero-order valence-corrected chi connectivity index (χ0v) is 28.7. The molecule has 3 aromatic carbocycles. The van der Waals surface area contributed by atoms with Gasteiger partial charge in [-0.1, -0.05) is 74.0 Å². The van der Waals surface area contributed by atoms with Gasteiger partial charge in [-0.2, -0.15) is 4.31 Å². The molecule has 0 aliphatic carbocycles. The van der Waals surface area contributed by atoms with Crippen LogP contribution in [0.15, 0.2) is 83.8 Å². The number of sulfonamides is 1. The topological polar surface area (TPSA) is 180 Å². The zero-order valence-electron chi connectivity index (χ0n) is 27.9. The highest BCUT2D eigenvalue weighted by atomic mass is 32.2. The highest BCUT2D eigenvalue weighted by Gasteiger charge is 2.36. The molecule has 1 amide bonds. The lowest BCUT2D eigenvalue weighted by molar-refractivity contribution is -0.384. The Hall–Kier alpha value is -4.37. The van der Waals surface area contributed by atoms with E-state index in [4.69, 9.17) is 19.9 Å². The first-order valence-corrected chi connectivity index (χ1v) is 17.6. The maximum absolute atomic E-state index is 14.1. The Balaban J connectivity index is 1.69. The lowest BCUT2D eigenvalue weighted by Gasteiger charge is -2.33. The van der Waals surface area contributed by atoms with Crippen molar-refractivity contribution in [1.29, 1.82) is 0 Å². The minimum absolute atomic E-state index is 0.0186. The molecule has 13 nitrogen and oxygen atoms in total. The van der Waals surface area contributed by atoms with Crippen molar-refractivity contribution in [1.82, 2.24) is 9.62 Å². The standard InChI is InChI=1S/C35H44N4O9S/c1-24(2)21-38(49(44,45)30-15-13-28(14-16-30)39(42)43)22-33(48-34(40)31(36)19-27-11-9-25(3)10-12-27)32(20-26-7-5-4-6-8-26)37-35(41)47-29-17-18-46-23-29/h4-16,24,29,31-33H,17-23,36H2,1-3H3,(H,37,41). The largest absolute Gasteiger partial charge is 0.458 e. The molecule has 1 heterocycles. The van der Waals surface area contributed by atoms with E-state index >= 15 is 0 Å². The Kier molecular flexibility index (Phi) is 13.2. The molecule has 0 radical (unpaired) electrons. The van der Waals surface area contributed by atoms with Crippen LogP contribution >= 0.6 is 0 Å². The van der Waals surface area contributed by atoms with Crippen LogP contribution in [-0.2, 0) is 41.9 Å². The third kappa shape index (κ3) is 11.1. The quantitative estimate of drug-likeness (QED) is 0.125. The number of nitrogens with zero attached hydrogens (tertiary/aromatic N) is 2. The summed E-state index contributed by atoms with van der Waals surface area (Å²) in [7, 11) is -4.27. The Bertz CT molecular complexity index is 1650. The number of benzene rings is 3. The van der Waals surface area contributed by atoms with Gasteiger partial charge in [0.05, 0.1) is 35.6 Å². The number of carbonyl (C=O) groups excluding carboxylic acids is 2. The molecule has 0 bridgehead atoms. The average Bonchev–Trinajstić information content (AvgIpc) is 3.58. The summed E-state index contributed by atoms with van der Waals surface area (Å²) < 4.78 is 46.3. The van der Waals surface area contributed by atoms with Gasteiger partial charge in [-0.25, -0.2) is 13.2 Å². The number of hydrogen-bond acceptors (Lipinski definition) is 10. The number of nitro groups is 1. The fourth-order valence-corrected chi connectivity index (χ4v) is 7.01. The molecule has 4 rings (SSSR count). The summed E-state index contributed by atoms with van der Waals surface area (Å²) >= 11 is 0. The lowest BCUT2D eigenvalue weighted by Crippen LogP contribution is -2.54. The van der Waals surface area contributed by atoms with E-state index in [0.29, 0.717) is 13.0 Å². The van der Waals surface area contributed by atoms with Crippen molar-refractivity contribution in [2.75, 3.05) is 26.3 Å². The number of esters is 1. The number of carbonyl (C=O) groups is 2. The van der Waals surface area contributed by atoms with Crippen molar-refractivity contribution in [3.63, 3.8) is 0 Å². The molecule has 0 saturated carbocycles. The van der Waals surface area contributed by atoms with E-state index in [9.17, 15) is 28.1 Å². The number of nitrogens with one attached hydrogen (secondary N) is 1. The molecule has 4 atom stereocenters. The van der Waals surface area contributed by atoms with Crippen LogP contribution in [0.3, 0.4) is 0 Å². The molecular weight excluding hydrogens is 652 g/mol. The molecular formula is C35H44N4O9S. The van der Waals surface area contributed by atoms with Crippen LogP contribution in [0.25, 0.3) is 0 Å². The maximum Gasteiger partial charge on any atom is 0.407 e. The Morgan fingerprint density at radius 3 is 2.24 bits per heavy atom. The van der Waals surface area contributed by atoms with Crippen LogP contribution in [0, 0.1) is 23.0 Å². The van der Waals surface area contributed by atoms with Gasteiger partial charge in [0.25, 0.3) is 5.69 Å². The Labute approximate surface area is 286 Å². The monoisotopic (exact) mass is 696 g/mol. The fourth-order valence-electron chi connectivity index (χ4n) is 5.40. The highest BCUT2D eigenvalue weighted by Crippen LogP contribution is 2.23. The molecule has 4 unspecified atom stereocenters. The molecule has 14 heteroatoms. The minimum Gasteiger partial charge on any atom is -0.458 e. The van der Waals surface area contributed by atoms with Gasteiger partial charge in [-0.3, -0.25) is 14.9 Å². The van der Waals surface area contributed by atoms with E-state index in [-0.39, 0.29) is 49.0 Å². The van der Waals surface area contributed by atoms with E-state index in [1.54, 1.807) is 0 Å². The third-order valence-electron chi connectivity index (χ3n) is 8.00. The minimum atomic E-state index is -4.27. The Morgan fingerprint density at radius 1 is 1.00 bits per heavy atom. The number of amides is 1. The van der Waals surface area contributed by atoms with E-state index < -0.39 is 51.3 Å². The molecule has 0 spiro atoms. The second kappa shape index (κ2) is 17.3. The predicted molar refractivity (Wildman–Crippen MR) is 182 cm³/mol. The van der Waals surface area contributed by atoms with Crippen LogP contribution in [0.1, 0.15) is 37.0 Å². The molecule has 1 saturated heterocycles. The van der Waals surface area contributed by atoms with Crippen molar-refractivity contribution >= 4 is 27.8 Å². The number of aryl methyl sites for hydroxylation is 1. The van der Waals surface area contributed by atoms with Gasteiger partial charge in [-0.05, 0) is 48.9 Å².